The van der Waals surface area contributed by atoms with Gasteiger partial charge >= 0.3 is 17.9 Å². The van der Waals surface area contributed by atoms with Gasteiger partial charge in [-0.2, -0.15) is 0 Å². The van der Waals surface area contributed by atoms with Gasteiger partial charge in [0, 0.05) is 25.1 Å². The second kappa shape index (κ2) is 12.0. The summed E-state index contributed by atoms with van der Waals surface area (Å²) in [6.45, 7) is 12.0. The summed E-state index contributed by atoms with van der Waals surface area (Å²) in [5, 5.41) is 3.85. The maximum absolute atomic E-state index is 13.7. The lowest BCUT2D eigenvalue weighted by Crippen LogP contribution is -2.31. The number of hydrogen-bond acceptors (Lipinski definition) is 9. The van der Waals surface area contributed by atoms with E-state index in [4.69, 9.17) is 14.2 Å². The number of carbonyl (C=O) groups is 3. The zero-order valence-corrected chi connectivity index (χ0v) is 25.3. The lowest BCUT2D eigenvalue weighted by molar-refractivity contribution is -0.157. The molecule has 1 atom stereocenters. The normalized spacial score (nSPS) is 14.8. The molecule has 1 aliphatic rings. The zero-order valence-electron chi connectivity index (χ0n) is 25.3. The van der Waals surface area contributed by atoms with Gasteiger partial charge in [-0.1, -0.05) is 0 Å². The van der Waals surface area contributed by atoms with Crippen molar-refractivity contribution in [2.75, 3.05) is 11.9 Å². The van der Waals surface area contributed by atoms with Gasteiger partial charge in [0.25, 0.3) is 5.56 Å². The number of nitrogens with zero attached hydrogens (tertiary/aromatic N) is 2. The van der Waals surface area contributed by atoms with Crippen LogP contribution in [0.1, 0.15) is 88.1 Å². The minimum atomic E-state index is -0.749. The van der Waals surface area contributed by atoms with Gasteiger partial charge in [0.1, 0.15) is 12.2 Å². The Balaban J connectivity index is 1.56. The first-order valence-corrected chi connectivity index (χ1v) is 14.1. The molecule has 10 heteroatoms. The van der Waals surface area contributed by atoms with Crippen molar-refractivity contribution in [3.05, 3.63) is 69.3 Å². The molecule has 4 rings (SSSR count). The zero-order chi connectivity index (χ0) is 30.8. The fourth-order valence-electron chi connectivity index (χ4n) is 4.72. The molecule has 0 bridgehead atoms. The third-order valence-corrected chi connectivity index (χ3v) is 6.91. The highest BCUT2D eigenvalue weighted by molar-refractivity contribution is 5.90. The van der Waals surface area contributed by atoms with E-state index in [-0.39, 0.29) is 36.6 Å². The van der Waals surface area contributed by atoms with Gasteiger partial charge in [-0.05, 0) is 102 Å². The highest BCUT2D eigenvalue weighted by atomic mass is 16.6. The molecule has 0 fully saturated rings. The number of fused-ring (bicyclic) bond motifs is 2. The summed E-state index contributed by atoms with van der Waals surface area (Å²) in [5.74, 6) is -0.981. The molecular weight excluding hydrogens is 538 g/mol. The summed E-state index contributed by atoms with van der Waals surface area (Å²) in [4.78, 5) is 54.5. The lowest BCUT2D eigenvalue weighted by Gasteiger charge is -2.20. The van der Waals surface area contributed by atoms with Crippen LogP contribution in [0, 0.1) is 5.41 Å². The number of aromatic nitrogens is 2. The maximum atomic E-state index is 13.7. The van der Waals surface area contributed by atoms with Crippen molar-refractivity contribution in [1.29, 1.82) is 0 Å². The van der Waals surface area contributed by atoms with Crippen molar-refractivity contribution in [1.82, 2.24) is 9.55 Å². The first-order valence-electron chi connectivity index (χ1n) is 14.1. The molecule has 3 aromatic rings. The van der Waals surface area contributed by atoms with Crippen molar-refractivity contribution >= 4 is 34.5 Å². The largest absolute Gasteiger partial charge is 0.458 e. The SMILES string of the molecule is CC(=O)OCc1nc2cc3c(cc2c(=O)n1COC(=O)C(C)(C)C)C(CNc1ccc(C(=O)OC(C)(C)C)cc1)CC3. The van der Waals surface area contributed by atoms with Gasteiger partial charge in [-0.15, -0.1) is 0 Å². The summed E-state index contributed by atoms with van der Waals surface area (Å²) in [5.41, 5.74) is 2.35. The van der Waals surface area contributed by atoms with E-state index in [0.29, 0.717) is 23.0 Å². The third kappa shape index (κ3) is 7.35. The first-order chi connectivity index (χ1) is 19.6. The summed E-state index contributed by atoms with van der Waals surface area (Å²) < 4.78 is 17.2. The van der Waals surface area contributed by atoms with Gasteiger partial charge in [-0.3, -0.25) is 19.0 Å². The Hall–Kier alpha value is -4.21. The van der Waals surface area contributed by atoms with Gasteiger partial charge < -0.3 is 19.5 Å². The highest BCUT2D eigenvalue weighted by Crippen LogP contribution is 2.35. The molecule has 42 heavy (non-hydrogen) atoms. The van der Waals surface area contributed by atoms with Crippen LogP contribution in [0.2, 0.25) is 0 Å². The minimum Gasteiger partial charge on any atom is -0.458 e. The van der Waals surface area contributed by atoms with Crippen LogP contribution in [0.3, 0.4) is 0 Å². The standard InChI is InChI=1S/C32H39N3O7/c1-19(36)40-17-27-34-26-14-21-8-9-22(16-33-23-12-10-20(11-13-23)29(38)42-32(5,6)7)24(21)15-25(26)28(37)35(27)18-41-30(39)31(2,3)4/h10-15,22,33H,8-9,16-18H2,1-7H3. The van der Waals surface area contributed by atoms with Gasteiger partial charge in [0.2, 0.25) is 0 Å². The van der Waals surface area contributed by atoms with Gasteiger partial charge in [-0.25, -0.2) is 9.78 Å². The number of rotatable bonds is 8. The molecule has 1 heterocycles. The molecule has 0 saturated carbocycles. The van der Waals surface area contributed by atoms with Crippen LogP contribution in [0.4, 0.5) is 5.69 Å². The topological polar surface area (TPSA) is 126 Å². The number of ether oxygens (including phenoxy) is 3. The van der Waals surface area contributed by atoms with Crippen LogP contribution in [-0.2, 0) is 43.6 Å². The van der Waals surface area contributed by atoms with Crippen molar-refractivity contribution in [3.8, 4) is 0 Å². The maximum Gasteiger partial charge on any atom is 0.338 e. The highest BCUT2D eigenvalue weighted by Gasteiger charge is 2.27. The van der Waals surface area contributed by atoms with Crippen LogP contribution < -0.4 is 10.9 Å². The molecule has 2 aromatic carbocycles. The van der Waals surface area contributed by atoms with Crippen LogP contribution in [0.25, 0.3) is 10.9 Å². The Kier molecular flexibility index (Phi) is 8.75. The summed E-state index contributed by atoms with van der Waals surface area (Å²) in [6, 6.07) is 11.0. The second-order valence-electron chi connectivity index (χ2n) is 12.6. The molecule has 0 radical (unpaired) electrons. The number of nitrogens with one attached hydrogen (secondary N) is 1. The average molecular weight is 578 g/mol. The van der Waals surface area contributed by atoms with Gasteiger partial charge in [0.15, 0.2) is 12.6 Å². The van der Waals surface area contributed by atoms with Crippen LogP contribution in [-0.4, -0.2) is 39.6 Å². The Bertz CT molecular complexity index is 1560. The molecule has 0 saturated heterocycles. The molecule has 1 aliphatic carbocycles. The number of hydrogen-bond donors (Lipinski definition) is 1. The molecular formula is C32H39N3O7. The Labute approximate surface area is 245 Å². The predicted molar refractivity (Wildman–Crippen MR) is 158 cm³/mol. The van der Waals surface area contributed by atoms with E-state index in [9.17, 15) is 19.2 Å². The number of esters is 3. The predicted octanol–water partition coefficient (Wildman–Crippen LogP) is 5.10. The monoisotopic (exact) mass is 577 g/mol. The fraction of sp³-hybridized carbons (Fsp3) is 0.469. The van der Waals surface area contributed by atoms with E-state index in [1.807, 2.05) is 45.0 Å². The van der Waals surface area contributed by atoms with E-state index >= 15 is 0 Å². The van der Waals surface area contributed by atoms with Crippen molar-refractivity contribution in [2.24, 2.45) is 5.41 Å². The summed E-state index contributed by atoms with van der Waals surface area (Å²) in [7, 11) is 0. The van der Waals surface area contributed by atoms with Crippen molar-refractivity contribution < 1.29 is 28.6 Å². The van der Waals surface area contributed by atoms with Crippen molar-refractivity contribution in [2.45, 2.75) is 86.2 Å². The summed E-state index contributed by atoms with van der Waals surface area (Å²) in [6.07, 6.45) is 1.73. The Morgan fingerprint density at radius 3 is 2.33 bits per heavy atom. The van der Waals surface area contributed by atoms with Crippen LogP contribution >= 0.6 is 0 Å². The van der Waals surface area contributed by atoms with Crippen LogP contribution in [0.5, 0.6) is 0 Å². The molecule has 0 amide bonds. The van der Waals surface area contributed by atoms with Crippen molar-refractivity contribution in [3.63, 3.8) is 0 Å². The second-order valence-corrected chi connectivity index (χ2v) is 12.6. The van der Waals surface area contributed by atoms with E-state index in [0.717, 1.165) is 29.7 Å². The smallest absolute Gasteiger partial charge is 0.338 e. The van der Waals surface area contributed by atoms with E-state index < -0.39 is 23.0 Å². The van der Waals surface area contributed by atoms with Gasteiger partial charge in [0.05, 0.1) is 21.9 Å². The number of carbonyl (C=O) groups excluding carboxylic acids is 3. The molecule has 1 N–H and O–H groups in total. The molecule has 1 aromatic heterocycles. The molecule has 1 unspecified atom stereocenters. The van der Waals surface area contributed by atoms with E-state index in [1.54, 1.807) is 32.9 Å². The lowest BCUT2D eigenvalue weighted by atomic mass is 9.98. The molecule has 0 aliphatic heterocycles. The molecule has 10 nitrogen and oxygen atoms in total. The average Bonchev–Trinajstić information content (AvgIpc) is 3.29. The number of aryl methyl sites for hydroxylation is 1. The summed E-state index contributed by atoms with van der Waals surface area (Å²) >= 11 is 0. The fourth-order valence-corrected chi connectivity index (χ4v) is 4.72. The minimum absolute atomic E-state index is 0.155. The molecule has 224 valence electrons. The van der Waals surface area contributed by atoms with E-state index in [1.165, 1.54) is 11.5 Å². The van der Waals surface area contributed by atoms with Crippen LogP contribution in [0.15, 0.2) is 41.2 Å². The molecule has 0 spiro atoms. The Morgan fingerprint density at radius 1 is 1.02 bits per heavy atom. The van der Waals surface area contributed by atoms with E-state index in [2.05, 4.69) is 10.3 Å². The Morgan fingerprint density at radius 2 is 1.71 bits per heavy atom. The third-order valence-electron chi connectivity index (χ3n) is 6.91. The quantitative estimate of drug-likeness (QED) is 0.287. The first kappa shape index (κ1) is 30.7. The number of benzene rings is 2. The number of anilines is 1.